The van der Waals surface area contributed by atoms with Crippen LogP contribution in [0.4, 0.5) is 0 Å². The van der Waals surface area contributed by atoms with E-state index in [4.69, 9.17) is 30.7 Å². The molecule has 3 aromatic rings. The Bertz CT molecular complexity index is 1080. The number of carbonyl (C=O) groups excluding carboxylic acids is 1. The molecule has 30 heavy (non-hydrogen) atoms. The molecule has 0 spiro atoms. The summed E-state index contributed by atoms with van der Waals surface area (Å²) in [6.45, 7) is 4.56. The predicted octanol–water partition coefficient (Wildman–Crippen LogP) is 5.53. The number of hydrogen-bond acceptors (Lipinski definition) is 5. The maximum Gasteiger partial charge on any atom is 0.267 e. The third kappa shape index (κ3) is 5.43. The fraction of sp³-hybridized carbons (Fsp3) is 0.174. The maximum atomic E-state index is 11.5. The minimum absolute atomic E-state index is 0.259. The fourth-order valence-electron chi connectivity index (χ4n) is 2.72. The van der Waals surface area contributed by atoms with Crippen molar-refractivity contribution in [3.63, 3.8) is 0 Å². The second kappa shape index (κ2) is 10.0. The number of fused-ring (bicyclic) bond motifs is 1. The van der Waals surface area contributed by atoms with E-state index in [0.29, 0.717) is 34.3 Å². The number of carbonyl (C=O) groups is 1. The van der Waals surface area contributed by atoms with E-state index in [2.05, 4.69) is 0 Å². The molecule has 0 saturated heterocycles. The zero-order chi connectivity index (χ0) is 21.5. The smallest absolute Gasteiger partial charge is 0.267 e. The van der Waals surface area contributed by atoms with E-state index in [0.717, 1.165) is 16.5 Å². The second-order valence-corrected chi connectivity index (χ2v) is 7.22. The van der Waals surface area contributed by atoms with Crippen molar-refractivity contribution in [1.82, 2.24) is 5.48 Å². The molecule has 0 aliphatic heterocycles. The van der Waals surface area contributed by atoms with Crippen LogP contribution in [0.25, 0.3) is 17.0 Å². The fourth-order valence-corrected chi connectivity index (χ4v) is 2.84. The van der Waals surface area contributed by atoms with Gasteiger partial charge in [-0.15, -0.1) is 0 Å². The van der Waals surface area contributed by atoms with E-state index in [-0.39, 0.29) is 6.61 Å². The number of rotatable bonds is 8. The van der Waals surface area contributed by atoms with Crippen molar-refractivity contribution in [1.29, 1.82) is 0 Å². The Morgan fingerprint density at radius 1 is 1.17 bits per heavy atom. The van der Waals surface area contributed by atoms with Crippen LogP contribution < -0.4 is 15.0 Å². The number of furan rings is 1. The normalized spacial score (nSPS) is 10.9. The summed E-state index contributed by atoms with van der Waals surface area (Å²) in [6.07, 6.45) is 6.26. The zero-order valence-electron chi connectivity index (χ0n) is 16.6. The Morgan fingerprint density at radius 3 is 2.63 bits per heavy atom. The lowest BCUT2D eigenvalue weighted by molar-refractivity contribution is -0.124. The van der Waals surface area contributed by atoms with E-state index in [1.165, 1.54) is 6.08 Å². The SMILES string of the molecule is CC(C)=CCOc1c(OCc2ccc(Cl)cc2)c(/C=C/C(=O)NO)cc2ccoc12. The molecule has 2 N–H and O–H groups in total. The van der Waals surface area contributed by atoms with Gasteiger partial charge in [-0.2, -0.15) is 0 Å². The summed E-state index contributed by atoms with van der Waals surface area (Å²) in [5.41, 5.74) is 4.76. The molecule has 3 rings (SSSR count). The van der Waals surface area contributed by atoms with E-state index < -0.39 is 5.91 Å². The molecule has 0 aliphatic rings. The van der Waals surface area contributed by atoms with Crippen molar-refractivity contribution >= 4 is 34.6 Å². The molecule has 0 saturated carbocycles. The highest BCUT2D eigenvalue weighted by atomic mass is 35.5. The van der Waals surface area contributed by atoms with Gasteiger partial charge in [0.1, 0.15) is 13.2 Å². The van der Waals surface area contributed by atoms with Crippen LogP contribution in [0, 0.1) is 0 Å². The third-order valence-electron chi connectivity index (χ3n) is 4.22. The first-order chi connectivity index (χ1) is 14.5. The molecular formula is C23H22ClNO5. The lowest BCUT2D eigenvalue weighted by atomic mass is 10.1. The number of nitrogens with one attached hydrogen (secondary N) is 1. The largest absolute Gasteiger partial charge is 0.484 e. The Balaban J connectivity index is 2.02. The van der Waals surface area contributed by atoms with Gasteiger partial charge >= 0.3 is 0 Å². The van der Waals surface area contributed by atoms with Crippen LogP contribution in [0.5, 0.6) is 11.5 Å². The van der Waals surface area contributed by atoms with Crippen LogP contribution in [-0.2, 0) is 11.4 Å². The van der Waals surface area contributed by atoms with Crippen LogP contribution >= 0.6 is 11.6 Å². The average molecular weight is 428 g/mol. The van der Waals surface area contributed by atoms with Crippen molar-refractivity contribution in [3.05, 3.63) is 76.5 Å². The van der Waals surface area contributed by atoms with Crippen LogP contribution in [-0.4, -0.2) is 17.7 Å². The topological polar surface area (TPSA) is 80.9 Å². The van der Waals surface area contributed by atoms with Gasteiger partial charge in [0.25, 0.3) is 5.91 Å². The van der Waals surface area contributed by atoms with Crippen molar-refractivity contribution in [2.24, 2.45) is 0 Å². The predicted molar refractivity (Wildman–Crippen MR) is 116 cm³/mol. The van der Waals surface area contributed by atoms with Crippen molar-refractivity contribution in [2.45, 2.75) is 20.5 Å². The van der Waals surface area contributed by atoms with Crippen molar-refractivity contribution in [3.8, 4) is 11.5 Å². The number of halogens is 1. The number of hydroxylamine groups is 1. The monoisotopic (exact) mass is 427 g/mol. The highest BCUT2D eigenvalue weighted by molar-refractivity contribution is 6.30. The Labute approximate surface area is 179 Å². The molecule has 1 amide bonds. The zero-order valence-corrected chi connectivity index (χ0v) is 17.4. The van der Waals surface area contributed by atoms with Gasteiger partial charge in [-0.3, -0.25) is 10.0 Å². The summed E-state index contributed by atoms with van der Waals surface area (Å²) in [6, 6.07) is 10.9. The Morgan fingerprint density at radius 2 is 1.93 bits per heavy atom. The van der Waals surface area contributed by atoms with Gasteiger partial charge in [0, 0.05) is 22.0 Å². The molecule has 1 heterocycles. The first-order valence-electron chi connectivity index (χ1n) is 9.27. The molecule has 0 fully saturated rings. The summed E-state index contributed by atoms with van der Waals surface area (Å²) >= 11 is 5.95. The summed E-state index contributed by atoms with van der Waals surface area (Å²) < 4.78 is 17.7. The van der Waals surface area contributed by atoms with Crippen LogP contribution in [0.2, 0.25) is 5.02 Å². The maximum absolute atomic E-state index is 11.5. The van der Waals surface area contributed by atoms with Gasteiger partial charge in [-0.1, -0.05) is 29.3 Å². The Kier molecular flexibility index (Phi) is 7.17. The number of ether oxygens (including phenoxy) is 2. The molecule has 0 aliphatic carbocycles. The van der Waals surface area contributed by atoms with Gasteiger partial charge in [0.15, 0.2) is 11.3 Å². The van der Waals surface area contributed by atoms with E-state index in [1.54, 1.807) is 36.0 Å². The number of benzene rings is 2. The molecule has 6 nitrogen and oxygen atoms in total. The van der Waals surface area contributed by atoms with E-state index in [9.17, 15) is 4.79 Å². The highest BCUT2D eigenvalue weighted by Gasteiger charge is 2.18. The van der Waals surface area contributed by atoms with Crippen LogP contribution in [0.3, 0.4) is 0 Å². The van der Waals surface area contributed by atoms with E-state index >= 15 is 0 Å². The van der Waals surface area contributed by atoms with Gasteiger partial charge in [0.05, 0.1) is 6.26 Å². The molecule has 0 bridgehead atoms. The summed E-state index contributed by atoms with van der Waals surface area (Å²) in [5, 5.41) is 10.2. The number of hydrogen-bond donors (Lipinski definition) is 2. The second-order valence-electron chi connectivity index (χ2n) is 6.78. The third-order valence-corrected chi connectivity index (χ3v) is 4.47. The van der Waals surface area contributed by atoms with Gasteiger partial charge < -0.3 is 13.9 Å². The van der Waals surface area contributed by atoms with Crippen LogP contribution in [0.15, 0.2) is 64.8 Å². The minimum atomic E-state index is -0.655. The average Bonchev–Trinajstić information content (AvgIpc) is 3.20. The highest BCUT2D eigenvalue weighted by Crippen LogP contribution is 2.41. The first kappa shape index (κ1) is 21.5. The lowest BCUT2D eigenvalue weighted by Gasteiger charge is -2.15. The van der Waals surface area contributed by atoms with Gasteiger partial charge in [-0.25, -0.2) is 5.48 Å². The van der Waals surface area contributed by atoms with Gasteiger partial charge in [-0.05, 0) is 55.8 Å². The first-order valence-corrected chi connectivity index (χ1v) is 9.65. The summed E-state index contributed by atoms with van der Waals surface area (Å²) in [7, 11) is 0. The summed E-state index contributed by atoms with van der Waals surface area (Å²) in [5.74, 6) is 0.211. The van der Waals surface area contributed by atoms with Crippen molar-refractivity contribution < 1.29 is 23.9 Å². The molecule has 0 unspecified atom stereocenters. The molecular weight excluding hydrogens is 406 g/mol. The molecule has 0 radical (unpaired) electrons. The minimum Gasteiger partial charge on any atom is -0.484 e. The lowest BCUT2D eigenvalue weighted by Crippen LogP contribution is -2.14. The molecule has 156 valence electrons. The summed E-state index contributed by atoms with van der Waals surface area (Å²) in [4.78, 5) is 11.5. The number of amides is 1. The van der Waals surface area contributed by atoms with E-state index in [1.807, 2.05) is 38.1 Å². The van der Waals surface area contributed by atoms with Gasteiger partial charge in [0.2, 0.25) is 5.75 Å². The quantitative estimate of drug-likeness (QED) is 0.214. The molecule has 2 aromatic carbocycles. The van der Waals surface area contributed by atoms with Crippen LogP contribution in [0.1, 0.15) is 25.0 Å². The molecule has 7 heteroatoms. The molecule has 0 atom stereocenters. The standard InChI is InChI=1S/C23H22ClNO5/c1-15(2)9-11-29-23-21-18(10-12-28-21)13-17(5-8-20(26)25-27)22(23)30-14-16-3-6-19(24)7-4-16/h3-10,12-13,27H,11,14H2,1-2H3,(H,25,26)/b8-5+. The number of allylic oxidation sites excluding steroid dienone is 1. The Hall–Kier alpha value is -3.22. The van der Waals surface area contributed by atoms with Crippen molar-refractivity contribution in [2.75, 3.05) is 6.61 Å². The molecule has 1 aromatic heterocycles.